The van der Waals surface area contributed by atoms with E-state index in [-0.39, 0.29) is 55.9 Å². The van der Waals surface area contributed by atoms with Gasteiger partial charge in [0.05, 0.1) is 12.5 Å². The first-order chi connectivity index (χ1) is 57.5. The molecule has 33 N–H and O–H groups in total. The molecule has 18 amide bonds. The number of nitrogens with one attached hydrogen (secondary N) is 13. The molecule has 0 aliphatic rings. The highest BCUT2D eigenvalue weighted by atomic mass is 16.4. The van der Waals surface area contributed by atoms with Crippen molar-refractivity contribution in [2.24, 2.45) is 52.0 Å². The molecule has 1 aromatic carbocycles. The average Bonchev–Trinajstić information content (AvgIpc) is 0.851. The van der Waals surface area contributed by atoms with E-state index in [9.17, 15) is 136 Å². The summed E-state index contributed by atoms with van der Waals surface area (Å²) in [7, 11) is 0. The first kappa shape index (κ1) is 108. The summed E-state index contributed by atoms with van der Waals surface area (Å²) in [4.78, 5) is 304. The standard InChI is InChI=1S/C74H116N20O29/c1-6-35(4)60(94-70(118)44(18-25-54(80)99)83-61(109)36(5)82-63(111)41(15-22-51(77)96)84-62(110)39(76)14-26-56(101)102)73(121)90-43(17-24-53(79)98)66(114)86-42(16-23-52(78)97)65(113)87-45(19-27-57(103)104)67(115)85-40(9-7-8-30-75)64(112)92-49(33-55(81)100)72(120)89-46(20-28-58(105)106)68(116)91-48(32-37-10-12-38(95)13-11-37)71(119)88-47(21-29-59(107)108)69(117)93-50(74(122)123)31-34(2)3/h10-13,34-36,39-50,60,95H,6-9,14-33,75-76H2,1-5H3,(H2,77,96)(H2,78,97)(H2,79,98)(H2,80,99)(H2,81,100)(H,82,111)(H,83,109)(H,84,110)(H,85,115)(H,86,114)(H,87,113)(H,88,119)(H,89,120)(H,90,121)(H,91,116)(H,92,112)(H,93,117)(H,94,118)(H,101,102)(H,103,104)(H,105,106)(H,107,108)(H,122,123)/t35-,36-,39-,40-,41-,42-,43-,44-,45-,46-,47-,48-,49-,50-,60-/m0/s1. The fourth-order valence-electron chi connectivity index (χ4n) is 11.5. The molecule has 0 saturated heterocycles. The van der Waals surface area contributed by atoms with Crippen LogP contribution in [0.4, 0.5) is 0 Å². The topological polar surface area (TPSA) is 853 Å². The molecule has 686 valence electrons. The number of phenols is 1. The number of carboxylic acid groups (broad SMARTS) is 5. The molecule has 123 heavy (non-hydrogen) atoms. The van der Waals surface area contributed by atoms with Crippen LogP contribution < -0.4 is 109 Å². The van der Waals surface area contributed by atoms with Crippen LogP contribution in [0.15, 0.2) is 24.3 Å². The third-order valence-corrected chi connectivity index (χ3v) is 18.6. The number of primary amides is 5. The number of carboxylic acids is 5. The quantitative estimate of drug-likeness (QED) is 0.0269. The van der Waals surface area contributed by atoms with Gasteiger partial charge in [0.25, 0.3) is 0 Å². The van der Waals surface area contributed by atoms with E-state index < -0.39 is 342 Å². The van der Waals surface area contributed by atoms with Gasteiger partial charge in [0.15, 0.2) is 0 Å². The van der Waals surface area contributed by atoms with Crippen molar-refractivity contribution in [2.75, 3.05) is 6.54 Å². The van der Waals surface area contributed by atoms with E-state index in [1.54, 1.807) is 20.8 Å². The Morgan fingerprint density at radius 2 is 0.618 bits per heavy atom. The molecule has 0 aliphatic carbocycles. The monoisotopic (exact) mass is 1750 g/mol. The lowest BCUT2D eigenvalue weighted by molar-refractivity contribution is -0.143. The van der Waals surface area contributed by atoms with E-state index in [1.807, 2.05) is 0 Å². The van der Waals surface area contributed by atoms with Gasteiger partial charge in [-0.25, -0.2) is 4.79 Å². The number of carbonyl (C=O) groups excluding carboxylic acids is 18. The molecular formula is C74H116N20O29. The maximum atomic E-state index is 14.5. The Hall–Kier alpha value is -13.3. The third kappa shape index (κ3) is 44.0. The van der Waals surface area contributed by atoms with Crippen LogP contribution in [-0.4, -0.2) is 258 Å². The van der Waals surface area contributed by atoms with E-state index >= 15 is 0 Å². The number of carbonyl (C=O) groups is 23. The van der Waals surface area contributed by atoms with Crippen molar-refractivity contribution >= 4 is 136 Å². The third-order valence-electron chi connectivity index (χ3n) is 18.6. The summed E-state index contributed by atoms with van der Waals surface area (Å²) < 4.78 is 0. The van der Waals surface area contributed by atoms with Crippen LogP contribution in [0, 0.1) is 11.8 Å². The van der Waals surface area contributed by atoms with Gasteiger partial charge in [-0.05, 0) is 120 Å². The Balaban J connectivity index is 3.86. The molecular weight excluding hydrogens is 1630 g/mol. The number of unbranched alkanes of at least 4 members (excludes halogenated alkanes) is 1. The normalized spacial score (nSPS) is 14.6. The molecule has 0 radical (unpaired) electrons. The Morgan fingerprint density at radius 3 is 0.959 bits per heavy atom. The van der Waals surface area contributed by atoms with Crippen molar-refractivity contribution in [3.63, 3.8) is 0 Å². The van der Waals surface area contributed by atoms with E-state index in [4.69, 9.17) is 45.2 Å². The fraction of sp³-hybridized carbons (Fsp3) is 0.608. The van der Waals surface area contributed by atoms with Crippen molar-refractivity contribution in [1.29, 1.82) is 0 Å². The first-order valence-corrected chi connectivity index (χ1v) is 39.2. The summed E-state index contributed by atoms with van der Waals surface area (Å²) >= 11 is 0. The Morgan fingerprint density at radius 1 is 0.325 bits per heavy atom. The lowest BCUT2D eigenvalue weighted by Gasteiger charge is -2.29. The molecule has 0 heterocycles. The number of phenolic OH excluding ortho intramolecular Hbond substituents is 1. The number of benzene rings is 1. The van der Waals surface area contributed by atoms with Gasteiger partial charge in [0, 0.05) is 57.8 Å². The number of aromatic hydroxyl groups is 1. The number of aliphatic carboxylic acids is 5. The van der Waals surface area contributed by atoms with Crippen LogP contribution >= 0.6 is 0 Å². The van der Waals surface area contributed by atoms with Crippen LogP contribution in [0.3, 0.4) is 0 Å². The zero-order valence-corrected chi connectivity index (χ0v) is 68.6. The highest BCUT2D eigenvalue weighted by Crippen LogP contribution is 2.17. The summed E-state index contributed by atoms with van der Waals surface area (Å²) in [5.41, 5.74) is 38.8. The minimum absolute atomic E-state index is 0.0270. The van der Waals surface area contributed by atoms with Crippen molar-refractivity contribution in [3.05, 3.63) is 29.8 Å². The molecule has 0 bridgehead atoms. The van der Waals surface area contributed by atoms with Crippen molar-refractivity contribution in [2.45, 2.75) is 267 Å². The van der Waals surface area contributed by atoms with Gasteiger partial charge in [-0.2, -0.15) is 0 Å². The first-order valence-electron chi connectivity index (χ1n) is 39.2. The second-order valence-electron chi connectivity index (χ2n) is 29.4. The summed E-state index contributed by atoms with van der Waals surface area (Å²) in [6.07, 6.45) is -12.6. The van der Waals surface area contributed by atoms with Crippen LogP contribution in [0.5, 0.6) is 5.75 Å². The molecule has 0 aliphatic heterocycles. The molecule has 15 atom stereocenters. The molecule has 0 fully saturated rings. The van der Waals surface area contributed by atoms with Gasteiger partial charge in [0.1, 0.15) is 84.3 Å². The zero-order valence-electron chi connectivity index (χ0n) is 68.6. The number of hydrogen-bond acceptors (Lipinski definition) is 26. The maximum Gasteiger partial charge on any atom is 0.326 e. The van der Waals surface area contributed by atoms with Gasteiger partial charge >= 0.3 is 29.8 Å². The number of rotatable bonds is 63. The second-order valence-corrected chi connectivity index (χ2v) is 29.4. The summed E-state index contributed by atoms with van der Waals surface area (Å²) in [5, 5.41) is 87.7. The highest BCUT2D eigenvalue weighted by Gasteiger charge is 2.40. The predicted octanol–water partition coefficient (Wildman–Crippen LogP) is -8.71. The minimum Gasteiger partial charge on any atom is -0.508 e. The van der Waals surface area contributed by atoms with Crippen LogP contribution in [-0.2, 0) is 117 Å². The Kier molecular flexibility index (Phi) is 48.7. The van der Waals surface area contributed by atoms with Crippen LogP contribution in [0.25, 0.3) is 0 Å². The van der Waals surface area contributed by atoms with Gasteiger partial charge in [-0.3, -0.25) is 105 Å². The highest BCUT2D eigenvalue weighted by molar-refractivity contribution is 6.01. The van der Waals surface area contributed by atoms with E-state index in [0.717, 1.165) is 6.92 Å². The molecule has 0 spiro atoms. The molecule has 1 rings (SSSR count). The fourth-order valence-corrected chi connectivity index (χ4v) is 11.5. The average molecular weight is 1750 g/mol. The van der Waals surface area contributed by atoms with Crippen molar-refractivity contribution in [3.8, 4) is 5.75 Å². The molecule has 0 unspecified atom stereocenters. The van der Waals surface area contributed by atoms with Crippen LogP contribution in [0.1, 0.15) is 181 Å². The minimum atomic E-state index is -2.14. The zero-order chi connectivity index (χ0) is 93.7. The van der Waals surface area contributed by atoms with E-state index in [0.29, 0.717) is 0 Å². The number of nitrogens with two attached hydrogens (primary N) is 7. The Bertz CT molecular complexity index is 3920. The summed E-state index contributed by atoms with van der Waals surface area (Å²) in [6, 6.07) is -20.2. The van der Waals surface area contributed by atoms with Crippen molar-refractivity contribution < 1.29 is 141 Å². The molecule has 49 heteroatoms. The number of amides is 18. The SMILES string of the molecule is CC[C@H](C)[C@H](NC(=O)[C@H](CCC(N)=O)NC(=O)[C@H](C)NC(=O)[C@H](CCC(N)=O)NC(=O)[C@@H](N)CCC(=O)O)C(=O)N[C@@H](CCC(N)=O)C(=O)N[C@@H](CCC(N)=O)C(=O)N[C@@H](CCC(=O)O)C(=O)N[C@@H](CCCCN)C(=O)N[C@@H](CC(N)=O)C(=O)N[C@@H](CCC(=O)O)C(=O)N[C@@H](Cc1ccc(O)cc1)C(=O)N[C@@H](CCC(=O)O)C(=O)N[C@@H](CC(C)C)C(=O)O. The van der Waals surface area contributed by atoms with E-state index in [1.165, 1.54) is 31.2 Å². The van der Waals surface area contributed by atoms with Gasteiger partial charge in [-0.15, -0.1) is 0 Å². The van der Waals surface area contributed by atoms with Gasteiger partial charge in [0.2, 0.25) is 106 Å². The lowest BCUT2D eigenvalue weighted by Crippen LogP contribution is -2.61. The summed E-state index contributed by atoms with van der Waals surface area (Å²) in [6.45, 7) is 7.38. The summed E-state index contributed by atoms with van der Waals surface area (Å²) in [5.74, 6) is -30.3. The van der Waals surface area contributed by atoms with Gasteiger partial charge in [-0.1, -0.05) is 46.2 Å². The smallest absolute Gasteiger partial charge is 0.326 e. The lowest BCUT2D eigenvalue weighted by atomic mass is 9.96. The molecule has 1 aromatic rings. The largest absolute Gasteiger partial charge is 0.508 e. The van der Waals surface area contributed by atoms with E-state index in [2.05, 4.69) is 69.1 Å². The molecule has 49 nitrogen and oxygen atoms in total. The molecule has 0 aromatic heterocycles. The van der Waals surface area contributed by atoms with Crippen LogP contribution in [0.2, 0.25) is 0 Å². The second kappa shape index (κ2) is 55.6. The predicted molar refractivity (Wildman–Crippen MR) is 425 cm³/mol. The molecule has 0 saturated carbocycles. The number of hydrogen-bond donors (Lipinski definition) is 26. The van der Waals surface area contributed by atoms with Crippen molar-refractivity contribution in [1.82, 2.24) is 69.1 Å². The Labute approximate surface area is 704 Å². The maximum absolute atomic E-state index is 14.5. The van der Waals surface area contributed by atoms with Gasteiger partial charge < -0.3 is 140 Å².